The van der Waals surface area contributed by atoms with Gasteiger partial charge in [-0.2, -0.15) is 0 Å². The lowest BCUT2D eigenvalue weighted by molar-refractivity contribution is 0.573. The second kappa shape index (κ2) is 5.93. The van der Waals surface area contributed by atoms with Crippen LogP contribution >= 0.6 is 12.4 Å². The quantitative estimate of drug-likeness (QED) is 0.840. The molecule has 1 aromatic rings. The first-order chi connectivity index (χ1) is 6.90. The maximum absolute atomic E-state index is 5.52. The van der Waals surface area contributed by atoms with Gasteiger partial charge in [0.15, 0.2) is 0 Å². The van der Waals surface area contributed by atoms with Crippen LogP contribution in [0.4, 0.5) is 5.82 Å². The molecular formula is C11H18ClN3. The maximum atomic E-state index is 5.52. The van der Waals surface area contributed by atoms with E-state index in [1.54, 1.807) is 0 Å². The van der Waals surface area contributed by atoms with E-state index in [1.807, 2.05) is 6.20 Å². The van der Waals surface area contributed by atoms with Crippen molar-refractivity contribution in [3.63, 3.8) is 0 Å². The largest absolute Gasteiger partial charge is 0.357 e. The number of rotatable bonds is 2. The van der Waals surface area contributed by atoms with Crippen molar-refractivity contribution in [3.05, 3.63) is 23.9 Å². The molecule has 3 nitrogen and oxygen atoms in total. The van der Waals surface area contributed by atoms with Crippen LogP contribution < -0.4 is 10.6 Å². The predicted octanol–water partition coefficient (Wildman–Crippen LogP) is 1.95. The van der Waals surface area contributed by atoms with Crippen LogP contribution in [0.1, 0.15) is 24.8 Å². The van der Waals surface area contributed by atoms with Crippen LogP contribution in [0.15, 0.2) is 18.3 Å². The van der Waals surface area contributed by atoms with Crippen molar-refractivity contribution in [1.82, 2.24) is 4.98 Å². The zero-order valence-corrected chi connectivity index (χ0v) is 9.67. The first kappa shape index (κ1) is 12.3. The average Bonchev–Trinajstić information content (AvgIpc) is 2.30. The van der Waals surface area contributed by atoms with Gasteiger partial charge in [-0.1, -0.05) is 6.07 Å². The number of halogens is 1. The van der Waals surface area contributed by atoms with Crippen molar-refractivity contribution in [1.29, 1.82) is 0 Å². The second-order valence-corrected chi connectivity index (χ2v) is 3.78. The van der Waals surface area contributed by atoms with Gasteiger partial charge < -0.3 is 10.6 Å². The Balaban J connectivity index is 0.00000112. The summed E-state index contributed by atoms with van der Waals surface area (Å²) in [4.78, 5) is 6.77. The van der Waals surface area contributed by atoms with Crippen LogP contribution in [0.3, 0.4) is 0 Å². The van der Waals surface area contributed by atoms with Gasteiger partial charge in [0, 0.05) is 25.8 Å². The van der Waals surface area contributed by atoms with E-state index in [4.69, 9.17) is 5.73 Å². The normalized spacial score (nSPS) is 15.9. The molecule has 0 saturated carbocycles. The van der Waals surface area contributed by atoms with Crippen LogP contribution in [-0.4, -0.2) is 18.1 Å². The summed E-state index contributed by atoms with van der Waals surface area (Å²) in [5.41, 5.74) is 6.63. The predicted molar refractivity (Wildman–Crippen MR) is 65.4 cm³/mol. The Kier molecular flexibility index (Phi) is 4.85. The minimum absolute atomic E-state index is 0. The Morgan fingerprint density at radius 2 is 1.93 bits per heavy atom. The summed E-state index contributed by atoms with van der Waals surface area (Å²) in [6, 6.07) is 4.14. The summed E-state index contributed by atoms with van der Waals surface area (Å²) < 4.78 is 0. The third kappa shape index (κ3) is 3.08. The van der Waals surface area contributed by atoms with Crippen molar-refractivity contribution in [2.75, 3.05) is 18.0 Å². The summed E-state index contributed by atoms with van der Waals surface area (Å²) in [6.07, 6.45) is 5.82. The highest BCUT2D eigenvalue weighted by molar-refractivity contribution is 5.85. The Morgan fingerprint density at radius 1 is 1.20 bits per heavy atom. The number of nitrogens with zero attached hydrogens (tertiary/aromatic N) is 2. The fourth-order valence-electron chi connectivity index (χ4n) is 1.85. The van der Waals surface area contributed by atoms with Crippen molar-refractivity contribution in [2.45, 2.75) is 25.8 Å². The highest BCUT2D eigenvalue weighted by Crippen LogP contribution is 2.17. The molecule has 0 spiro atoms. The number of hydrogen-bond donors (Lipinski definition) is 1. The zero-order valence-electron chi connectivity index (χ0n) is 8.85. The minimum atomic E-state index is 0. The molecule has 0 radical (unpaired) electrons. The van der Waals surface area contributed by atoms with E-state index in [2.05, 4.69) is 22.0 Å². The van der Waals surface area contributed by atoms with Gasteiger partial charge in [-0.05, 0) is 30.9 Å². The Hall–Kier alpha value is -0.800. The standard InChI is InChI=1S/C11H17N3.ClH/c12-8-10-4-5-11(13-9-10)14-6-2-1-3-7-14;/h4-5,9H,1-3,6-8,12H2;1H. The summed E-state index contributed by atoms with van der Waals surface area (Å²) >= 11 is 0. The summed E-state index contributed by atoms with van der Waals surface area (Å²) in [5, 5.41) is 0. The highest BCUT2D eigenvalue weighted by Gasteiger charge is 2.11. The molecule has 4 heteroatoms. The first-order valence-corrected chi connectivity index (χ1v) is 5.30. The molecule has 1 saturated heterocycles. The summed E-state index contributed by atoms with van der Waals surface area (Å²) in [7, 11) is 0. The zero-order chi connectivity index (χ0) is 9.80. The molecule has 0 unspecified atom stereocenters. The van der Waals surface area contributed by atoms with E-state index >= 15 is 0 Å². The van der Waals surface area contributed by atoms with Crippen LogP contribution in [-0.2, 0) is 6.54 Å². The molecule has 2 rings (SSSR count). The van der Waals surface area contributed by atoms with Gasteiger partial charge in [0.1, 0.15) is 5.82 Å². The lowest BCUT2D eigenvalue weighted by Crippen LogP contribution is -2.30. The topological polar surface area (TPSA) is 42.1 Å². The molecule has 0 atom stereocenters. The molecule has 0 aromatic carbocycles. The number of hydrogen-bond acceptors (Lipinski definition) is 3. The van der Waals surface area contributed by atoms with Gasteiger partial charge in [0.25, 0.3) is 0 Å². The van der Waals surface area contributed by atoms with Gasteiger partial charge in [-0.25, -0.2) is 4.98 Å². The van der Waals surface area contributed by atoms with Gasteiger partial charge in [-0.3, -0.25) is 0 Å². The Bertz CT molecular complexity index is 280. The van der Waals surface area contributed by atoms with Gasteiger partial charge in [0.05, 0.1) is 0 Å². The molecule has 1 aliphatic rings. The molecule has 1 aliphatic heterocycles. The third-order valence-corrected chi connectivity index (χ3v) is 2.72. The van der Waals surface area contributed by atoms with E-state index in [0.29, 0.717) is 6.54 Å². The highest BCUT2D eigenvalue weighted by atomic mass is 35.5. The summed E-state index contributed by atoms with van der Waals surface area (Å²) in [6.45, 7) is 2.87. The molecule has 15 heavy (non-hydrogen) atoms. The van der Waals surface area contributed by atoms with Gasteiger partial charge >= 0.3 is 0 Å². The Labute approximate surface area is 97.1 Å². The third-order valence-electron chi connectivity index (χ3n) is 2.72. The molecule has 2 heterocycles. The number of aromatic nitrogens is 1. The van der Waals surface area contributed by atoms with Crippen LogP contribution in [0, 0.1) is 0 Å². The molecular weight excluding hydrogens is 210 g/mol. The van der Waals surface area contributed by atoms with Crippen LogP contribution in [0.5, 0.6) is 0 Å². The molecule has 1 fully saturated rings. The maximum Gasteiger partial charge on any atom is 0.128 e. The van der Waals surface area contributed by atoms with Crippen molar-refractivity contribution in [2.24, 2.45) is 5.73 Å². The van der Waals surface area contributed by atoms with Gasteiger partial charge in [0.2, 0.25) is 0 Å². The number of pyridine rings is 1. The fraction of sp³-hybridized carbons (Fsp3) is 0.545. The van der Waals surface area contributed by atoms with Crippen LogP contribution in [0.2, 0.25) is 0 Å². The number of anilines is 1. The van der Waals surface area contributed by atoms with E-state index in [9.17, 15) is 0 Å². The van der Waals surface area contributed by atoms with Crippen molar-refractivity contribution < 1.29 is 0 Å². The van der Waals surface area contributed by atoms with Gasteiger partial charge in [-0.15, -0.1) is 12.4 Å². The fourth-order valence-corrected chi connectivity index (χ4v) is 1.85. The lowest BCUT2D eigenvalue weighted by atomic mass is 10.1. The molecule has 0 amide bonds. The van der Waals surface area contributed by atoms with E-state index in [0.717, 1.165) is 24.5 Å². The van der Waals surface area contributed by atoms with Crippen molar-refractivity contribution >= 4 is 18.2 Å². The molecule has 84 valence electrons. The molecule has 0 bridgehead atoms. The Morgan fingerprint density at radius 3 is 2.47 bits per heavy atom. The number of piperidine rings is 1. The van der Waals surface area contributed by atoms with Crippen molar-refractivity contribution in [3.8, 4) is 0 Å². The lowest BCUT2D eigenvalue weighted by Gasteiger charge is -2.27. The van der Waals surface area contributed by atoms with E-state index < -0.39 is 0 Å². The number of nitrogens with two attached hydrogens (primary N) is 1. The van der Waals surface area contributed by atoms with E-state index in [-0.39, 0.29) is 12.4 Å². The molecule has 0 aliphatic carbocycles. The first-order valence-electron chi connectivity index (χ1n) is 5.30. The second-order valence-electron chi connectivity index (χ2n) is 3.78. The smallest absolute Gasteiger partial charge is 0.128 e. The average molecular weight is 228 g/mol. The van der Waals surface area contributed by atoms with Crippen LogP contribution in [0.25, 0.3) is 0 Å². The molecule has 1 aromatic heterocycles. The monoisotopic (exact) mass is 227 g/mol. The minimum Gasteiger partial charge on any atom is -0.357 e. The summed E-state index contributed by atoms with van der Waals surface area (Å²) in [5.74, 6) is 1.10. The SMILES string of the molecule is Cl.NCc1ccc(N2CCCCC2)nc1. The molecule has 2 N–H and O–H groups in total. The van der Waals surface area contributed by atoms with E-state index in [1.165, 1.54) is 19.3 Å².